The molecule has 4 rings (SSSR count). The van der Waals surface area contributed by atoms with Crippen LogP contribution in [0.2, 0.25) is 5.02 Å². The molecule has 3 nitrogen and oxygen atoms in total. The van der Waals surface area contributed by atoms with Crippen molar-refractivity contribution in [2.24, 2.45) is 0 Å². The van der Waals surface area contributed by atoms with Crippen molar-refractivity contribution in [2.75, 3.05) is 0 Å². The van der Waals surface area contributed by atoms with Gasteiger partial charge in [0.15, 0.2) is 4.77 Å². The minimum atomic E-state index is 0.394. The molecule has 1 saturated carbocycles. The molecule has 1 N–H and O–H groups in total. The van der Waals surface area contributed by atoms with Crippen LogP contribution in [0.5, 0.6) is 0 Å². The van der Waals surface area contributed by atoms with Crippen LogP contribution in [0.1, 0.15) is 35.2 Å². The maximum atomic E-state index is 5.98. The van der Waals surface area contributed by atoms with Crippen LogP contribution < -0.4 is 0 Å². The van der Waals surface area contributed by atoms with E-state index in [1.165, 1.54) is 11.1 Å². The molecule has 1 aliphatic carbocycles. The van der Waals surface area contributed by atoms with E-state index >= 15 is 0 Å². The number of benzene rings is 2. The molecule has 0 amide bonds. The fourth-order valence-electron chi connectivity index (χ4n) is 3.06. The molecular weight excluding hydrogens is 326 g/mol. The van der Waals surface area contributed by atoms with Gasteiger partial charge in [-0.05, 0) is 61.3 Å². The molecule has 116 valence electrons. The zero-order chi connectivity index (χ0) is 16.0. The Morgan fingerprint density at radius 3 is 2.48 bits per heavy atom. The fourth-order valence-corrected chi connectivity index (χ4v) is 3.43. The number of rotatable bonds is 3. The summed E-state index contributed by atoms with van der Waals surface area (Å²) in [6, 6.07) is 16.5. The Bertz CT molecular complexity index is 893. The maximum absolute atomic E-state index is 5.98. The lowest BCUT2D eigenvalue weighted by Crippen LogP contribution is -2.01. The number of hydrogen-bond donors (Lipinski definition) is 1. The van der Waals surface area contributed by atoms with Gasteiger partial charge in [-0.3, -0.25) is 9.67 Å². The molecule has 2 aromatic carbocycles. The van der Waals surface area contributed by atoms with Gasteiger partial charge in [0.2, 0.25) is 0 Å². The minimum absolute atomic E-state index is 0.394. The number of nitrogens with one attached hydrogen (secondary N) is 1. The number of aromatic amines is 1. The van der Waals surface area contributed by atoms with E-state index < -0.39 is 0 Å². The summed E-state index contributed by atoms with van der Waals surface area (Å²) in [5.74, 6) is 1.89. The molecule has 23 heavy (non-hydrogen) atoms. The van der Waals surface area contributed by atoms with Crippen LogP contribution in [-0.2, 0) is 0 Å². The normalized spacial score (nSPS) is 19.7. The number of hydrogen-bond acceptors (Lipinski definition) is 2. The monoisotopic (exact) mass is 341 g/mol. The second-order valence-corrected chi connectivity index (χ2v) is 6.88. The predicted molar refractivity (Wildman–Crippen MR) is 95.0 cm³/mol. The molecule has 1 fully saturated rings. The first-order valence-electron chi connectivity index (χ1n) is 7.63. The van der Waals surface area contributed by atoms with Crippen molar-refractivity contribution in [1.29, 1.82) is 0 Å². The van der Waals surface area contributed by atoms with Crippen molar-refractivity contribution in [3.8, 4) is 5.69 Å². The van der Waals surface area contributed by atoms with Gasteiger partial charge in [-0.1, -0.05) is 41.4 Å². The van der Waals surface area contributed by atoms with E-state index in [0.717, 1.165) is 23.0 Å². The van der Waals surface area contributed by atoms with Crippen molar-refractivity contribution in [3.05, 3.63) is 75.3 Å². The molecule has 2 atom stereocenters. The Morgan fingerprint density at radius 1 is 1.09 bits per heavy atom. The van der Waals surface area contributed by atoms with Crippen LogP contribution in [0.15, 0.2) is 48.5 Å². The molecule has 0 bridgehead atoms. The summed E-state index contributed by atoms with van der Waals surface area (Å²) in [6.45, 7) is 2.08. The number of aryl methyl sites for hydroxylation is 1. The second-order valence-electron chi connectivity index (χ2n) is 6.06. The lowest BCUT2D eigenvalue weighted by Gasteiger charge is -2.07. The fraction of sp³-hybridized carbons (Fsp3) is 0.222. The van der Waals surface area contributed by atoms with Gasteiger partial charge >= 0.3 is 0 Å². The van der Waals surface area contributed by atoms with Gasteiger partial charge < -0.3 is 0 Å². The quantitative estimate of drug-likeness (QED) is 0.667. The van der Waals surface area contributed by atoms with Crippen molar-refractivity contribution < 1.29 is 0 Å². The zero-order valence-electron chi connectivity index (χ0n) is 12.7. The van der Waals surface area contributed by atoms with Crippen molar-refractivity contribution in [2.45, 2.75) is 25.2 Å². The SMILES string of the molecule is Cc1ccc(-n2c([C@H]3C[C@H]3c3ccc(Cl)cc3)n[nH]c2=S)cc1. The molecule has 0 saturated heterocycles. The lowest BCUT2D eigenvalue weighted by molar-refractivity contribution is 0.846. The summed E-state index contributed by atoms with van der Waals surface area (Å²) in [5, 5.41) is 8.21. The Kier molecular flexibility index (Phi) is 3.58. The standard InChI is InChI=1S/C18H16ClN3S/c1-11-2-8-14(9-3-11)22-17(20-21-18(22)23)16-10-15(16)12-4-6-13(19)7-5-12/h2-9,15-16H,10H2,1H3,(H,21,23)/t15-,16-/m0/s1. The van der Waals surface area contributed by atoms with Gasteiger partial charge in [-0.25, -0.2) is 0 Å². The Balaban J connectivity index is 1.68. The molecule has 1 heterocycles. The average molecular weight is 342 g/mol. The Hall–Kier alpha value is -1.91. The molecule has 1 aliphatic rings. The van der Waals surface area contributed by atoms with Gasteiger partial charge in [0, 0.05) is 16.6 Å². The summed E-state index contributed by atoms with van der Waals surface area (Å²) in [6.07, 6.45) is 1.09. The van der Waals surface area contributed by atoms with E-state index in [2.05, 4.69) is 58.1 Å². The Morgan fingerprint density at radius 2 is 1.78 bits per heavy atom. The van der Waals surface area contributed by atoms with Gasteiger partial charge in [-0.2, -0.15) is 5.10 Å². The third kappa shape index (κ3) is 2.73. The third-order valence-corrected chi connectivity index (χ3v) is 4.94. The third-order valence-electron chi connectivity index (χ3n) is 4.41. The maximum Gasteiger partial charge on any atom is 0.199 e. The number of halogens is 1. The summed E-state index contributed by atoms with van der Waals surface area (Å²) in [5.41, 5.74) is 3.60. The van der Waals surface area contributed by atoms with E-state index in [0.29, 0.717) is 16.6 Å². The van der Waals surface area contributed by atoms with Gasteiger partial charge in [0.1, 0.15) is 5.82 Å². The minimum Gasteiger partial charge on any atom is -0.272 e. The van der Waals surface area contributed by atoms with E-state index in [4.69, 9.17) is 23.8 Å². The molecular formula is C18H16ClN3S. The van der Waals surface area contributed by atoms with Crippen molar-refractivity contribution in [1.82, 2.24) is 14.8 Å². The zero-order valence-corrected chi connectivity index (χ0v) is 14.2. The molecule has 0 radical (unpaired) electrons. The van der Waals surface area contributed by atoms with Crippen LogP contribution in [-0.4, -0.2) is 14.8 Å². The number of H-pyrrole nitrogens is 1. The van der Waals surface area contributed by atoms with Gasteiger partial charge in [0.05, 0.1) is 0 Å². The topological polar surface area (TPSA) is 33.6 Å². The van der Waals surface area contributed by atoms with E-state index in [-0.39, 0.29) is 0 Å². The molecule has 1 aromatic heterocycles. The van der Waals surface area contributed by atoms with Gasteiger partial charge in [-0.15, -0.1) is 0 Å². The second kappa shape index (κ2) is 5.62. The van der Waals surface area contributed by atoms with E-state index in [1.54, 1.807) is 0 Å². The molecule has 0 spiro atoms. The van der Waals surface area contributed by atoms with Crippen molar-refractivity contribution >= 4 is 23.8 Å². The Labute approximate surface area is 144 Å². The number of aromatic nitrogens is 3. The van der Waals surface area contributed by atoms with Crippen LogP contribution in [0.4, 0.5) is 0 Å². The molecule has 5 heteroatoms. The lowest BCUT2D eigenvalue weighted by atomic mass is 10.1. The largest absolute Gasteiger partial charge is 0.272 e. The van der Waals surface area contributed by atoms with Crippen LogP contribution in [0, 0.1) is 11.7 Å². The van der Waals surface area contributed by atoms with Crippen LogP contribution in [0.3, 0.4) is 0 Å². The molecule has 0 aliphatic heterocycles. The van der Waals surface area contributed by atoms with E-state index in [9.17, 15) is 0 Å². The summed E-state index contributed by atoms with van der Waals surface area (Å²) < 4.78 is 2.70. The summed E-state index contributed by atoms with van der Waals surface area (Å²) in [4.78, 5) is 0. The molecule has 3 aromatic rings. The number of nitrogens with zero attached hydrogens (tertiary/aromatic N) is 2. The highest BCUT2D eigenvalue weighted by Crippen LogP contribution is 2.54. The predicted octanol–water partition coefficient (Wildman–Crippen LogP) is 5.16. The first-order chi connectivity index (χ1) is 11.1. The van der Waals surface area contributed by atoms with Gasteiger partial charge in [0.25, 0.3) is 0 Å². The first-order valence-corrected chi connectivity index (χ1v) is 8.42. The van der Waals surface area contributed by atoms with Crippen LogP contribution >= 0.6 is 23.8 Å². The highest BCUT2D eigenvalue weighted by molar-refractivity contribution is 7.71. The molecule has 0 unspecified atom stereocenters. The summed E-state index contributed by atoms with van der Waals surface area (Å²) in [7, 11) is 0. The highest BCUT2D eigenvalue weighted by Gasteiger charge is 2.43. The van der Waals surface area contributed by atoms with E-state index in [1.807, 2.05) is 12.1 Å². The van der Waals surface area contributed by atoms with Crippen molar-refractivity contribution in [3.63, 3.8) is 0 Å². The summed E-state index contributed by atoms with van der Waals surface area (Å²) >= 11 is 11.4. The first kappa shape index (κ1) is 14.7. The average Bonchev–Trinajstić information content (AvgIpc) is 3.25. The smallest absolute Gasteiger partial charge is 0.199 e. The van der Waals surface area contributed by atoms with Crippen LogP contribution in [0.25, 0.3) is 5.69 Å². The highest BCUT2D eigenvalue weighted by atomic mass is 35.5.